The molecule has 0 spiro atoms. The zero-order valence-electron chi connectivity index (χ0n) is 12.7. The van der Waals surface area contributed by atoms with E-state index in [0.717, 1.165) is 11.1 Å². The second kappa shape index (κ2) is 7.41. The second-order valence-electron chi connectivity index (χ2n) is 4.56. The van der Waals surface area contributed by atoms with Crippen molar-refractivity contribution in [3.63, 3.8) is 0 Å². The van der Waals surface area contributed by atoms with Gasteiger partial charge in [0, 0.05) is 12.4 Å². The summed E-state index contributed by atoms with van der Waals surface area (Å²) in [6.45, 7) is 7.92. The molecule has 2 rings (SSSR count). The summed E-state index contributed by atoms with van der Waals surface area (Å²) in [5, 5.41) is 10.3. The molecule has 7 heteroatoms. The van der Waals surface area contributed by atoms with E-state index in [0.29, 0.717) is 6.61 Å². The van der Waals surface area contributed by atoms with E-state index in [2.05, 4.69) is 15.9 Å². The van der Waals surface area contributed by atoms with Gasteiger partial charge in [-0.15, -0.1) is 5.11 Å². The molecule has 0 saturated heterocycles. The summed E-state index contributed by atoms with van der Waals surface area (Å²) in [7, 11) is -0.346. The third-order valence-electron chi connectivity index (χ3n) is 2.70. The van der Waals surface area contributed by atoms with Crippen molar-refractivity contribution in [2.45, 2.75) is 20.0 Å². The molecule has 0 aliphatic carbocycles. The van der Waals surface area contributed by atoms with Gasteiger partial charge in [0.1, 0.15) is 19.5 Å². The fourth-order valence-electron chi connectivity index (χ4n) is 1.52. The first-order chi connectivity index (χ1) is 9.47. The van der Waals surface area contributed by atoms with Crippen molar-refractivity contribution in [2.75, 3.05) is 27.0 Å². The average molecular weight is 298 g/mol. The molecule has 0 bridgehead atoms. The maximum absolute atomic E-state index is 11.9. The van der Waals surface area contributed by atoms with E-state index in [1.807, 2.05) is 45.2 Å². The number of hydrogen-bond acceptors (Lipinski definition) is 6. The molecule has 1 unspecified atom stereocenters. The number of hydrazine groups is 1. The monoisotopic (exact) mass is 298 g/mol. The van der Waals surface area contributed by atoms with Crippen molar-refractivity contribution < 1.29 is 9.30 Å². The molecule has 1 aliphatic heterocycles. The second-order valence-corrected chi connectivity index (χ2v) is 7.78. The largest absolute Gasteiger partial charge is 0.490 e. The predicted molar refractivity (Wildman–Crippen MR) is 81.9 cm³/mol. The molecule has 112 valence electrons. The van der Waals surface area contributed by atoms with Gasteiger partial charge in [-0.05, 0) is 37.6 Å². The maximum atomic E-state index is 11.9. The minimum atomic E-state index is -2.19. The van der Waals surface area contributed by atoms with Crippen LogP contribution in [0, 0.1) is 0 Å². The molecular formula is C13H23N4O2P. The van der Waals surface area contributed by atoms with Crippen molar-refractivity contribution >= 4 is 12.4 Å². The molecule has 0 amide bonds. The lowest BCUT2D eigenvalue weighted by molar-refractivity contribution is 0.154. The Kier molecular flexibility index (Phi) is 6.17. The van der Waals surface area contributed by atoms with Crippen LogP contribution in [-0.2, 0) is 4.57 Å². The van der Waals surface area contributed by atoms with E-state index >= 15 is 0 Å². The Bertz CT molecular complexity index is 484. The van der Waals surface area contributed by atoms with E-state index < -0.39 is 7.14 Å². The quantitative estimate of drug-likeness (QED) is 0.867. The standard InChI is InChI=1S/C11H17N4O2P.C2H6/c1-15-11(12-13-14-15)8-17-9-4-6-10(7-5-9)18(2,3)16;1-2/h4-7,11H,8H2,1-3H3,(H,12,14);1-2H3. The highest BCUT2D eigenvalue weighted by atomic mass is 31.2. The van der Waals surface area contributed by atoms with Crippen molar-refractivity contribution in [2.24, 2.45) is 10.3 Å². The SMILES string of the molecule is CC.CN1NN=NC1COc1ccc(P(C)(C)=O)cc1. The number of hydrogen-bond donors (Lipinski definition) is 1. The van der Waals surface area contributed by atoms with Crippen LogP contribution in [-0.4, -0.2) is 38.2 Å². The first kappa shape index (κ1) is 16.7. The summed E-state index contributed by atoms with van der Waals surface area (Å²) in [6, 6.07) is 7.34. The summed E-state index contributed by atoms with van der Waals surface area (Å²) < 4.78 is 17.5. The van der Waals surface area contributed by atoms with E-state index in [9.17, 15) is 4.57 Å². The first-order valence-electron chi connectivity index (χ1n) is 6.63. The fraction of sp³-hybridized carbons (Fsp3) is 0.538. The topological polar surface area (TPSA) is 66.3 Å². The van der Waals surface area contributed by atoms with Gasteiger partial charge in [0.15, 0.2) is 6.17 Å². The van der Waals surface area contributed by atoms with Gasteiger partial charge in [0.05, 0.1) is 0 Å². The van der Waals surface area contributed by atoms with Crippen LogP contribution in [0.5, 0.6) is 5.75 Å². The van der Waals surface area contributed by atoms with Crippen molar-refractivity contribution in [1.82, 2.24) is 10.5 Å². The Morgan fingerprint density at radius 1 is 1.30 bits per heavy atom. The van der Waals surface area contributed by atoms with Crippen LogP contribution in [0.15, 0.2) is 34.6 Å². The maximum Gasteiger partial charge on any atom is 0.177 e. The number of benzene rings is 1. The van der Waals surface area contributed by atoms with Gasteiger partial charge in [0.25, 0.3) is 0 Å². The first-order valence-corrected chi connectivity index (χ1v) is 9.24. The Morgan fingerprint density at radius 2 is 1.90 bits per heavy atom. The smallest absolute Gasteiger partial charge is 0.177 e. The number of nitrogens with zero attached hydrogens (tertiary/aromatic N) is 3. The molecule has 1 atom stereocenters. The van der Waals surface area contributed by atoms with Gasteiger partial charge < -0.3 is 9.30 Å². The lowest BCUT2D eigenvalue weighted by Crippen LogP contribution is -2.37. The Balaban J connectivity index is 0.000000956. The number of rotatable bonds is 4. The molecular weight excluding hydrogens is 275 g/mol. The zero-order valence-corrected chi connectivity index (χ0v) is 13.6. The molecule has 20 heavy (non-hydrogen) atoms. The van der Waals surface area contributed by atoms with Crippen LogP contribution in [0.3, 0.4) is 0 Å². The van der Waals surface area contributed by atoms with Gasteiger partial charge in [-0.1, -0.05) is 19.1 Å². The molecule has 0 aromatic heterocycles. The van der Waals surface area contributed by atoms with Gasteiger partial charge in [-0.3, -0.25) is 0 Å². The zero-order chi connectivity index (χ0) is 15.2. The number of likely N-dealkylation sites (N-methyl/N-ethyl adjacent to an activating group) is 1. The molecule has 1 aliphatic rings. The molecule has 1 aromatic rings. The Hall–Kier alpha value is -1.39. The minimum Gasteiger partial charge on any atom is -0.490 e. The predicted octanol–water partition coefficient (Wildman–Crippen LogP) is 2.48. The molecule has 1 aromatic carbocycles. The Morgan fingerprint density at radius 3 is 2.35 bits per heavy atom. The van der Waals surface area contributed by atoms with Crippen LogP contribution < -0.4 is 15.6 Å². The molecule has 0 saturated carbocycles. The molecule has 0 fully saturated rings. The van der Waals surface area contributed by atoms with E-state index in [1.54, 1.807) is 18.3 Å². The average Bonchev–Trinajstić information content (AvgIpc) is 2.84. The number of nitrogens with one attached hydrogen (secondary N) is 1. The van der Waals surface area contributed by atoms with Crippen LogP contribution >= 0.6 is 7.14 Å². The lowest BCUT2D eigenvalue weighted by atomic mass is 10.3. The summed E-state index contributed by atoms with van der Waals surface area (Å²) in [6.07, 6.45) is -0.117. The minimum absolute atomic E-state index is 0.117. The summed E-state index contributed by atoms with van der Waals surface area (Å²) in [4.78, 5) is 0. The summed E-state index contributed by atoms with van der Waals surface area (Å²) >= 11 is 0. The van der Waals surface area contributed by atoms with Crippen LogP contribution in [0.1, 0.15) is 13.8 Å². The molecule has 6 nitrogen and oxygen atoms in total. The van der Waals surface area contributed by atoms with Crippen LogP contribution in [0.2, 0.25) is 0 Å². The van der Waals surface area contributed by atoms with Crippen molar-refractivity contribution in [3.05, 3.63) is 24.3 Å². The highest BCUT2D eigenvalue weighted by Gasteiger charge is 2.19. The van der Waals surface area contributed by atoms with Crippen molar-refractivity contribution in [3.8, 4) is 5.75 Å². The van der Waals surface area contributed by atoms with Gasteiger partial charge in [-0.25, -0.2) is 5.53 Å². The normalized spacial score (nSPS) is 18.1. The molecule has 1 N–H and O–H groups in total. The molecule has 1 heterocycles. The highest BCUT2D eigenvalue weighted by molar-refractivity contribution is 7.70. The highest BCUT2D eigenvalue weighted by Crippen LogP contribution is 2.34. The molecule has 0 radical (unpaired) electrons. The van der Waals surface area contributed by atoms with E-state index in [4.69, 9.17) is 4.74 Å². The summed E-state index contributed by atoms with van der Waals surface area (Å²) in [5.41, 5.74) is 2.71. The third-order valence-corrected chi connectivity index (χ3v) is 4.24. The Labute approximate surface area is 120 Å². The fourth-order valence-corrected chi connectivity index (χ4v) is 2.39. The van der Waals surface area contributed by atoms with E-state index in [-0.39, 0.29) is 6.17 Å². The van der Waals surface area contributed by atoms with Crippen LogP contribution in [0.25, 0.3) is 0 Å². The van der Waals surface area contributed by atoms with E-state index in [1.165, 1.54) is 0 Å². The van der Waals surface area contributed by atoms with Crippen LogP contribution in [0.4, 0.5) is 0 Å². The lowest BCUT2D eigenvalue weighted by Gasteiger charge is -2.16. The van der Waals surface area contributed by atoms with Gasteiger partial charge >= 0.3 is 0 Å². The summed E-state index contributed by atoms with van der Waals surface area (Å²) in [5.74, 6) is 0.739. The van der Waals surface area contributed by atoms with Crippen molar-refractivity contribution in [1.29, 1.82) is 0 Å². The third kappa shape index (κ3) is 4.62. The van der Waals surface area contributed by atoms with Gasteiger partial charge in [0.2, 0.25) is 0 Å². The van der Waals surface area contributed by atoms with Gasteiger partial charge in [-0.2, -0.15) is 5.01 Å². The number of ether oxygens (including phenoxy) is 1.